The molecular formula is C47H53N7O8S2. The van der Waals surface area contributed by atoms with Gasteiger partial charge in [0.15, 0.2) is 0 Å². The molecule has 4 heterocycles. The molecule has 0 unspecified atom stereocenters. The monoisotopic (exact) mass is 907 g/mol. The smallest absolute Gasteiger partial charge is 0.294 e. The molecule has 2 N–H and O–H groups in total. The number of aryl methyl sites for hydroxylation is 3. The van der Waals surface area contributed by atoms with Gasteiger partial charge in [-0.3, -0.25) is 28.7 Å². The highest BCUT2D eigenvalue weighted by atomic mass is 32.2. The molecule has 2 fully saturated rings. The van der Waals surface area contributed by atoms with Crippen LogP contribution in [0.25, 0.3) is 10.9 Å². The SMILES string of the molecule is COc1cnc(CN2CCC(c3ccc4c(c3)cc(C(=O)N3CCN(Cc5ccc(C#N)cc5)CC3)n4C)CC2)cn1.Cc1ccc(S(=O)(=O)O)cc1.Cc1ccc(S(=O)(=O)O)cc1. The minimum absolute atomic E-state index is 0.0666. The van der Waals surface area contributed by atoms with Crippen LogP contribution >= 0.6 is 0 Å². The topological polar surface area (TPSA) is 199 Å². The van der Waals surface area contributed by atoms with Crippen molar-refractivity contribution in [1.82, 2.24) is 29.2 Å². The van der Waals surface area contributed by atoms with Gasteiger partial charge in [-0.05, 0) is 111 Å². The summed E-state index contributed by atoms with van der Waals surface area (Å²) in [7, 11) is -4.44. The molecule has 64 heavy (non-hydrogen) atoms. The lowest BCUT2D eigenvalue weighted by molar-refractivity contribution is 0.0619. The Morgan fingerprint density at radius 3 is 1.80 bits per heavy atom. The first-order chi connectivity index (χ1) is 30.5. The summed E-state index contributed by atoms with van der Waals surface area (Å²) < 4.78 is 66.3. The molecular weight excluding hydrogens is 855 g/mol. The molecule has 0 spiro atoms. The number of piperidine rings is 1. The fraction of sp³-hybridized carbons (Fsp3) is 0.319. The number of ether oxygens (including phenoxy) is 1. The summed E-state index contributed by atoms with van der Waals surface area (Å²) in [6.45, 7) is 10.5. The van der Waals surface area contributed by atoms with Crippen molar-refractivity contribution in [3.8, 4) is 11.9 Å². The van der Waals surface area contributed by atoms with Gasteiger partial charge in [-0.1, -0.05) is 53.6 Å². The van der Waals surface area contributed by atoms with Crippen molar-refractivity contribution < 1.29 is 35.5 Å². The van der Waals surface area contributed by atoms with Crippen LogP contribution in [0, 0.1) is 25.2 Å². The number of methoxy groups -OCH3 is 1. The number of aromatic nitrogens is 3. The van der Waals surface area contributed by atoms with E-state index in [1.54, 1.807) is 43.8 Å². The van der Waals surface area contributed by atoms with E-state index in [-0.39, 0.29) is 15.7 Å². The van der Waals surface area contributed by atoms with Gasteiger partial charge in [-0.2, -0.15) is 22.1 Å². The molecule has 2 aliphatic rings. The van der Waals surface area contributed by atoms with E-state index >= 15 is 0 Å². The Labute approximate surface area is 375 Å². The molecule has 15 nitrogen and oxygen atoms in total. The highest BCUT2D eigenvalue weighted by molar-refractivity contribution is 7.86. The number of benzene rings is 4. The van der Waals surface area contributed by atoms with Gasteiger partial charge in [0, 0.05) is 57.2 Å². The highest BCUT2D eigenvalue weighted by Gasteiger charge is 2.26. The second-order valence-electron chi connectivity index (χ2n) is 16.0. The van der Waals surface area contributed by atoms with E-state index in [0.717, 1.165) is 85.5 Å². The van der Waals surface area contributed by atoms with Crippen LogP contribution in [0.15, 0.2) is 119 Å². The number of hydrogen-bond acceptors (Lipinski definition) is 11. The Bertz CT molecular complexity index is 2700. The summed E-state index contributed by atoms with van der Waals surface area (Å²) >= 11 is 0. The lowest BCUT2D eigenvalue weighted by atomic mass is 9.89. The zero-order chi connectivity index (χ0) is 46.0. The fourth-order valence-electron chi connectivity index (χ4n) is 7.65. The number of likely N-dealkylation sites (tertiary alicyclic amines) is 1. The molecule has 2 saturated heterocycles. The predicted molar refractivity (Wildman–Crippen MR) is 243 cm³/mol. The summed E-state index contributed by atoms with van der Waals surface area (Å²) in [4.78, 5) is 29.0. The largest absolute Gasteiger partial charge is 0.480 e. The van der Waals surface area contributed by atoms with Crippen LogP contribution in [0.1, 0.15) is 62.8 Å². The van der Waals surface area contributed by atoms with E-state index in [1.165, 1.54) is 35.4 Å². The molecule has 1 amide bonds. The number of nitrogens with zero attached hydrogens (tertiary/aromatic N) is 7. The van der Waals surface area contributed by atoms with Crippen molar-refractivity contribution in [2.24, 2.45) is 7.05 Å². The number of piperazine rings is 1. The van der Waals surface area contributed by atoms with E-state index in [1.807, 2.05) is 54.6 Å². The Kier molecular flexibility index (Phi) is 15.7. The summed E-state index contributed by atoms with van der Waals surface area (Å²) in [5.41, 5.74) is 7.94. The molecule has 6 aromatic rings. The molecule has 17 heteroatoms. The number of fused-ring (bicyclic) bond motifs is 1. The average Bonchev–Trinajstić information content (AvgIpc) is 3.62. The van der Waals surface area contributed by atoms with E-state index < -0.39 is 20.2 Å². The fourth-order valence-corrected chi connectivity index (χ4v) is 8.61. The van der Waals surface area contributed by atoms with Gasteiger partial charge in [0.1, 0.15) is 5.69 Å². The van der Waals surface area contributed by atoms with Gasteiger partial charge < -0.3 is 14.2 Å². The third-order valence-corrected chi connectivity index (χ3v) is 13.1. The molecule has 0 atom stereocenters. The van der Waals surface area contributed by atoms with Crippen LogP contribution in [-0.4, -0.2) is 107 Å². The second-order valence-corrected chi connectivity index (χ2v) is 18.8. The molecule has 4 aromatic carbocycles. The molecule has 336 valence electrons. The third kappa shape index (κ3) is 12.8. The second kappa shape index (κ2) is 21.1. The van der Waals surface area contributed by atoms with Gasteiger partial charge in [0.25, 0.3) is 26.1 Å². The van der Waals surface area contributed by atoms with Crippen LogP contribution in [0.3, 0.4) is 0 Å². The van der Waals surface area contributed by atoms with Crippen LogP contribution < -0.4 is 4.74 Å². The molecule has 2 aromatic heterocycles. The van der Waals surface area contributed by atoms with Gasteiger partial charge >= 0.3 is 0 Å². The van der Waals surface area contributed by atoms with Gasteiger partial charge in [-0.25, -0.2) is 4.98 Å². The maximum atomic E-state index is 13.6. The number of carbonyl (C=O) groups is 1. The molecule has 8 rings (SSSR count). The van der Waals surface area contributed by atoms with Crippen molar-refractivity contribution in [1.29, 1.82) is 5.26 Å². The first-order valence-corrected chi connectivity index (χ1v) is 23.6. The predicted octanol–water partition coefficient (Wildman–Crippen LogP) is 6.67. The standard InChI is InChI=1S/C33H37N7O2.2C7H8O3S/c1-37-30-8-7-27(26-9-11-38(12-10-26)23-29-20-36-32(42-2)21-35-29)17-28(30)18-31(37)33(41)40-15-13-39(14-16-40)22-25-5-3-24(19-34)4-6-25;2*1-6-2-4-7(5-3-6)11(8,9)10/h3-8,17-18,20-21,26H,9-16,22-23H2,1-2H3;2*2-5H,1H3,(H,8,9,10). The zero-order valence-electron chi connectivity index (χ0n) is 36.3. The number of nitriles is 1. The Hall–Kier alpha value is -6.00. The number of hydrogen-bond donors (Lipinski definition) is 2. The molecule has 2 aliphatic heterocycles. The van der Waals surface area contributed by atoms with Crippen LogP contribution in [0.4, 0.5) is 0 Å². The average molecular weight is 908 g/mol. The van der Waals surface area contributed by atoms with Crippen molar-refractivity contribution in [2.45, 2.75) is 55.5 Å². The normalized spacial score (nSPS) is 15.0. The summed E-state index contributed by atoms with van der Waals surface area (Å²) in [5, 5.41) is 10.2. The van der Waals surface area contributed by atoms with E-state index in [4.69, 9.17) is 19.1 Å². The zero-order valence-corrected chi connectivity index (χ0v) is 38.0. The van der Waals surface area contributed by atoms with E-state index in [0.29, 0.717) is 30.5 Å². The van der Waals surface area contributed by atoms with Crippen LogP contribution in [-0.2, 0) is 40.4 Å². The first-order valence-electron chi connectivity index (χ1n) is 20.8. The van der Waals surface area contributed by atoms with Gasteiger partial charge in [-0.15, -0.1) is 0 Å². The molecule has 0 radical (unpaired) electrons. The van der Waals surface area contributed by atoms with Crippen molar-refractivity contribution in [3.05, 3.63) is 149 Å². The number of amides is 1. The third-order valence-electron chi connectivity index (χ3n) is 11.4. The van der Waals surface area contributed by atoms with Crippen molar-refractivity contribution in [3.63, 3.8) is 0 Å². The quantitative estimate of drug-likeness (QED) is 0.146. The Balaban J connectivity index is 0.000000252. The Morgan fingerprint density at radius 1 is 0.734 bits per heavy atom. The van der Waals surface area contributed by atoms with Crippen molar-refractivity contribution >= 4 is 37.0 Å². The maximum Gasteiger partial charge on any atom is 0.294 e. The maximum absolute atomic E-state index is 13.6. The summed E-state index contributed by atoms with van der Waals surface area (Å²) in [5.74, 6) is 1.15. The van der Waals surface area contributed by atoms with Crippen LogP contribution in [0.5, 0.6) is 5.88 Å². The first kappa shape index (κ1) is 47.5. The van der Waals surface area contributed by atoms with Gasteiger partial charge in [0.2, 0.25) is 5.88 Å². The minimum Gasteiger partial charge on any atom is -0.480 e. The lowest BCUT2D eigenvalue weighted by Gasteiger charge is -2.34. The van der Waals surface area contributed by atoms with Crippen molar-refractivity contribution in [2.75, 3.05) is 46.4 Å². The molecule has 0 aliphatic carbocycles. The van der Waals surface area contributed by atoms with E-state index in [2.05, 4.69) is 50.1 Å². The molecule has 0 saturated carbocycles. The lowest BCUT2D eigenvalue weighted by Crippen LogP contribution is -2.48. The Morgan fingerprint density at radius 2 is 1.30 bits per heavy atom. The summed E-state index contributed by atoms with van der Waals surface area (Å²) in [6.07, 6.45) is 5.67. The minimum atomic E-state index is -4.02. The number of rotatable bonds is 9. The number of carbonyl (C=O) groups excluding carboxylic acids is 1. The molecule has 0 bridgehead atoms. The van der Waals surface area contributed by atoms with Gasteiger partial charge in [0.05, 0.1) is 46.6 Å². The summed E-state index contributed by atoms with van der Waals surface area (Å²) in [6, 6.07) is 30.7. The highest BCUT2D eigenvalue weighted by Crippen LogP contribution is 2.32. The van der Waals surface area contributed by atoms with E-state index in [9.17, 15) is 21.6 Å². The van der Waals surface area contributed by atoms with Crippen LogP contribution in [0.2, 0.25) is 0 Å².